The highest BCUT2D eigenvalue weighted by Crippen LogP contribution is 2.42. The third-order valence-electron chi connectivity index (χ3n) is 4.38. The Balaban J connectivity index is 1.87. The topological polar surface area (TPSA) is 32.3 Å². The number of nitrogens with zero attached hydrogens (tertiary/aromatic N) is 1. The van der Waals surface area contributed by atoms with Gasteiger partial charge in [0.1, 0.15) is 6.17 Å². The molecule has 0 spiro atoms. The minimum Gasteiger partial charge on any atom is -0.318 e. The third kappa shape index (κ3) is 2.45. The summed E-state index contributed by atoms with van der Waals surface area (Å²) in [7, 11) is 0. The molecule has 20 heavy (non-hydrogen) atoms. The van der Waals surface area contributed by atoms with Crippen molar-refractivity contribution in [1.82, 2.24) is 10.2 Å². The van der Waals surface area contributed by atoms with Crippen molar-refractivity contribution in [3.05, 3.63) is 34.9 Å². The molecule has 1 amide bonds. The summed E-state index contributed by atoms with van der Waals surface area (Å²) in [6, 6.07) is 8.18. The molecule has 4 unspecified atom stereocenters. The van der Waals surface area contributed by atoms with Gasteiger partial charge in [-0.15, -0.1) is 0 Å². The third-order valence-corrected chi connectivity index (χ3v) is 4.63. The van der Waals surface area contributed by atoms with Crippen molar-refractivity contribution < 1.29 is 4.79 Å². The van der Waals surface area contributed by atoms with Crippen LogP contribution >= 0.6 is 11.6 Å². The molecule has 4 atom stereocenters. The molecule has 108 valence electrons. The fraction of sp³-hybridized carbons (Fsp3) is 0.562. The second-order valence-corrected chi connectivity index (χ2v) is 6.42. The Morgan fingerprint density at radius 3 is 2.55 bits per heavy atom. The highest BCUT2D eigenvalue weighted by atomic mass is 35.5. The fourth-order valence-electron chi connectivity index (χ4n) is 3.09. The molecule has 4 heteroatoms. The van der Waals surface area contributed by atoms with Gasteiger partial charge in [0.05, 0.1) is 6.04 Å². The second-order valence-electron chi connectivity index (χ2n) is 5.99. The number of nitrogens with one attached hydrogen (secondary N) is 1. The quantitative estimate of drug-likeness (QED) is 0.923. The van der Waals surface area contributed by atoms with E-state index >= 15 is 0 Å². The van der Waals surface area contributed by atoms with E-state index in [9.17, 15) is 4.79 Å². The van der Waals surface area contributed by atoms with Gasteiger partial charge in [-0.3, -0.25) is 10.1 Å². The SMILES string of the molecule is CCCC1NC(c2ccc(Cl)cc2)N(C2CC2C)C1=O. The predicted molar refractivity (Wildman–Crippen MR) is 80.4 cm³/mol. The highest BCUT2D eigenvalue weighted by molar-refractivity contribution is 6.30. The first-order chi connectivity index (χ1) is 9.61. The molecule has 0 radical (unpaired) electrons. The summed E-state index contributed by atoms with van der Waals surface area (Å²) in [6.07, 6.45) is 3.05. The first-order valence-electron chi connectivity index (χ1n) is 7.45. The molecule has 3 rings (SSSR count). The van der Waals surface area contributed by atoms with E-state index in [-0.39, 0.29) is 18.1 Å². The highest BCUT2D eigenvalue weighted by Gasteiger charge is 2.49. The van der Waals surface area contributed by atoms with Crippen molar-refractivity contribution in [2.45, 2.75) is 51.4 Å². The van der Waals surface area contributed by atoms with E-state index in [1.807, 2.05) is 24.3 Å². The molecule has 0 aromatic heterocycles. The summed E-state index contributed by atoms with van der Waals surface area (Å²) in [4.78, 5) is 14.7. The van der Waals surface area contributed by atoms with Crippen molar-refractivity contribution >= 4 is 17.5 Å². The maximum atomic E-state index is 12.6. The van der Waals surface area contributed by atoms with Crippen molar-refractivity contribution in [3.63, 3.8) is 0 Å². The Kier molecular flexibility index (Phi) is 3.74. The van der Waals surface area contributed by atoms with Crippen LogP contribution in [0, 0.1) is 5.92 Å². The number of amides is 1. The Labute approximate surface area is 125 Å². The van der Waals surface area contributed by atoms with Gasteiger partial charge in [-0.2, -0.15) is 0 Å². The van der Waals surface area contributed by atoms with E-state index in [4.69, 9.17) is 11.6 Å². The predicted octanol–water partition coefficient (Wildman–Crippen LogP) is 3.35. The monoisotopic (exact) mass is 292 g/mol. The van der Waals surface area contributed by atoms with E-state index in [1.165, 1.54) is 0 Å². The van der Waals surface area contributed by atoms with Crippen molar-refractivity contribution in [2.75, 3.05) is 0 Å². The van der Waals surface area contributed by atoms with E-state index in [0.29, 0.717) is 12.0 Å². The molecular formula is C16H21ClN2O. The van der Waals surface area contributed by atoms with Gasteiger partial charge >= 0.3 is 0 Å². The zero-order chi connectivity index (χ0) is 14.3. The summed E-state index contributed by atoms with van der Waals surface area (Å²) in [5, 5.41) is 4.23. The summed E-state index contributed by atoms with van der Waals surface area (Å²) in [5.74, 6) is 0.886. The van der Waals surface area contributed by atoms with Crippen LogP contribution in [0.5, 0.6) is 0 Å². The minimum atomic E-state index is -0.0338. The Hall–Kier alpha value is -1.06. The van der Waals surface area contributed by atoms with E-state index in [0.717, 1.165) is 29.8 Å². The summed E-state index contributed by atoms with van der Waals surface area (Å²) < 4.78 is 0. The molecule has 1 saturated heterocycles. The molecule has 3 nitrogen and oxygen atoms in total. The number of benzene rings is 1. The van der Waals surface area contributed by atoms with Gasteiger partial charge in [-0.25, -0.2) is 0 Å². The van der Waals surface area contributed by atoms with Crippen LogP contribution in [0.25, 0.3) is 0 Å². The van der Waals surface area contributed by atoms with Crippen LogP contribution in [-0.2, 0) is 4.79 Å². The number of carbonyl (C=O) groups is 1. The van der Waals surface area contributed by atoms with Crippen molar-refractivity contribution in [1.29, 1.82) is 0 Å². The minimum absolute atomic E-state index is 0.00580. The summed E-state index contributed by atoms with van der Waals surface area (Å²) >= 11 is 5.96. The Bertz CT molecular complexity index is 502. The zero-order valence-corrected chi connectivity index (χ0v) is 12.7. The van der Waals surface area contributed by atoms with Gasteiger partial charge in [-0.1, -0.05) is 44.0 Å². The van der Waals surface area contributed by atoms with Gasteiger partial charge < -0.3 is 4.90 Å². The molecule has 2 fully saturated rings. The fourth-order valence-corrected chi connectivity index (χ4v) is 3.22. The Morgan fingerprint density at radius 1 is 1.35 bits per heavy atom. The van der Waals surface area contributed by atoms with E-state index in [2.05, 4.69) is 24.1 Å². The molecule has 1 N–H and O–H groups in total. The van der Waals surface area contributed by atoms with Crippen molar-refractivity contribution in [2.24, 2.45) is 5.92 Å². The maximum absolute atomic E-state index is 12.6. The smallest absolute Gasteiger partial charge is 0.241 e. The summed E-state index contributed by atoms with van der Waals surface area (Å²) in [6.45, 7) is 4.33. The average Bonchev–Trinajstić information content (AvgIpc) is 3.05. The lowest BCUT2D eigenvalue weighted by Gasteiger charge is -2.25. The second kappa shape index (κ2) is 5.38. The number of rotatable bonds is 4. The van der Waals surface area contributed by atoms with Crippen LogP contribution in [0.15, 0.2) is 24.3 Å². The van der Waals surface area contributed by atoms with Gasteiger partial charge in [0.15, 0.2) is 0 Å². The van der Waals surface area contributed by atoms with Crippen LogP contribution in [0.4, 0.5) is 0 Å². The lowest BCUT2D eigenvalue weighted by Crippen LogP contribution is -2.33. The molecule has 1 saturated carbocycles. The lowest BCUT2D eigenvalue weighted by atomic mass is 10.1. The van der Waals surface area contributed by atoms with Gasteiger partial charge in [0, 0.05) is 11.1 Å². The largest absolute Gasteiger partial charge is 0.318 e. The van der Waals surface area contributed by atoms with Gasteiger partial charge in [0.2, 0.25) is 5.91 Å². The number of hydrogen-bond donors (Lipinski definition) is 1. The maximum Gasteiger partial charge on any atom is 0.241 e. The standard InChI is InChI=1S/C16H21ClN2O/c1-3-4-13-16(20)19(14-9-10(14)2)15(18-13)11-5-7-12(17)8-6-11/h5-8,10,13-15,18H,3-4,9H2,1-2H3. The molecule has 1 heterocycles. The normalized spacial score (nSPS) is 32.8. The van der Waals surface area contributed by atoms with Gasteiger partial charge in [-0.05, 0) is 36.5 Å². The van der Waals surface area contributed by atoms with Crippen LogP contribution in [-0.4, -0.2) is 22.9 Å². The summed E-state index contributed by atoms with van der Waals surface area (Å²) in [5.41, 5.74) is 1.13. The van der Waals surface area contributed by atoms with Crippen LogP contribution in [0.1, 0.15) is 44.8 Å². The molecule has 0 bridgehead atoms. The molecular weight excluding hydrogens is 272 g/mol. The van der Waals surface area contributed by atoms with Crippen molar-refractivity contribution in [3.8, 4) is 0 Å². The zero-order valence-electron chi connectivity index (χ0n) is 12.0. The first kappa shape index (κ1) is 13.9. The van der Waals surface area contributed by atoms with E-state index < -0.39 is 0 Å². The van der Waals surface area contributed by atoms with Crippen LogP contribution < -0.4 is 5.32 Å². The number of carbonyl (C=O) groups excluding carboxylic acids is 1. The van der Waals surface area contributed by atoms with Gasteiger partial charge in [0.25, 0.3) is 0 Å². The molecule has 1 aliphatic heterocycles. The Morgan fingerprint density at radius 2 is 2.00 bits per heavy atom. The average molecular weight is 293 g/mol. The van der Waals surface area contributed by atoms with Crippen LogP contribution in [0.2, 0.25) is 5.02 Å². The van der Waals surface area contributed by atoms with Crippen LogP contribution in [0.3, 0.4) is 0 Å². The molecule has 1 aliphatic carbocycles. The first-order valence-corrected chi connectivity index (χ1v) is 7.83. The molecule has 1 aromatic carbocycles. The lowest BCUT2D eigenvalue weighted by molar-refractivity contribution is -0.131. The van der Waals surface area contributed by atoms with E-state index in [1.54, 1.807) is 0 Å². The number of halogens is 1. The number of hydrogen-bond acceptors (Lipinski definition) is 2. The molecule has 1 aromatic rings. The molecule has 2 aliphatic rings.